The van der Waals surface area contributed by atoms with Crippen LogP contribution in [0.5, 0.6) is 0 Å². The lowest BCUT2D eigenvalue weighted by Crippen LogP contribution is -2.52. The molecule has 3 heteroatoms. The van der Waals surface area contributed by atoms with E-state index in [1.54, 1.807) is 5.57 Å². The van der Waals surface area contributed by atoms with Crippen LogP contribution >= 0.6 is 0 Å². The van der Waals surface area contributed by atoms with Gasteiger partial charge in [-0.2, -0.15) is 0 Å². The minimum atomic E-state index is -0.0758. The average molecular weight is 415 g/mol. The summed E-state index contributed by atoms with van der Waals surface area (Å²) in [5, 5.41) is 0. The smallest absolute Gasteiger partial charge is 0.305 e. The zero-order valence-electron chi connectivity index (χ0n) is 19.7. The molecular weight excluding hydrogens is 372 g/mol. The summed E-state index contributed by atoms with van der Waals surface area (Å²) in [7, 11) is 0. The summed E-state index contributed by atoms with van der Waals surface area (Å²) in [6.07, 6.45) is 13.3. The molecule has 168 valence electrons. The summed E-state index contributed by atoms with van der Waals surface area (Å²) in [5.74, 6) is 3.16. The Kier molecular flexibility index (Phi) is 6.21. The number of hydrogen-bond acceptors (Lipinski definition) is 3. The van der Waals surface area contributed by atoms with Crippen LogP contribution in [-0.4, -0.2) is 18.4 Å². The highest BCUT2D eigenvalue weighted by atomic mass is 16.5. The van der Waals surface area contributed by atoms with E-state index in [0.717, 1.165) is 37.5 Å². The zero-order valence-corrected chi connectivity index (χ0v) is 19.7. The van der Waals surface area contributed by atoms with E-state index < -0.39 is 0 Å². The lowest BCUT2D eigenvalue weighted by atomic mass is 9.46. The molecule has 0 N–H and O–H groups in total. The van der Waals surface area contributed by atoms with E-state index in [2.05, 4.69) is 20.8 Å². The number of Topliss-reactive ketones (excluding diaryl/α,β-unsaturated/α-hetero) is 1. The van der Waals surface area contributed by atoms with Gasteiger partial charge in [-0.1, -0.05) is 38.8 Å². The van der Waals surface area contributed by atoms with Crippen LogP contribution in [0.3, 0.4) is 0 Å². The number of fused-ring (bicyclic) bond motifs is 4. The summed E-state index contributed by atoms with van der Waals surface area (Å²) in [6, 6.07) is 0. The fourth-order valence-corrected chi connectivity index (χ4v) is 8.02. The summed E-state index contributed by atoms with van der Waals surface area (Å²) in [5.41, 5.74) is 4.35. The maximum atomic E-state index is 12.3. The Balaban J connectivity index is 1.44. The molecule has 0 aromatic carbocycles. The first kappa shape index (κ1) is 22.1. The Morgan fingerprint density at radius 1 is 1.10 bits per heavy atom. The number of carbonyl (C=O) groups is 2. The van der Waals surface area contributed by atoms with Gasteiger partial charge in [-0.05, 0) is 92.3 Å². The van der Waals surface area contributed by atoms with E-state index in [-0.39, 0.29) is 5.97 Å². The van der Waals surface area contributed by atoms with E-state index in [0.29, 0.717) is 41.5 Å². The standard InChI is InChI=1S/C27H42O3/c1-5-25(29)30-15-7-6-13-26(3)14-12-22-21-9-8-19-17-20(28)16-18(2)27(19,4)24(21)11-10-23(22)26/h18-19,21,24H,5-17H2,1-4H3/t18-,19-,21-,24-,26+,27-/m0/s1. The molecule has 4 aliphatic carbocycles. The van der Waals surface area contributed by atoms with E-state index in [9.17, 15) is 9.59 Å². The van der Waals surface area contributed by atoms with Crippen molar-refractivity contribution in [3.8, 4) is 0 Å². The van der Waals surface area contributed by atoms with Gasteiger partial charge < -0.3 is 4.74 Å². The number of unbranched alkanes of at least 4 members (excludes halogenated alkanes) is 1. The molecule has 4 aliphatic rings. The Bertz CT molecular complexity index is 722. The number of allylic oxidation sites excluding steroid dienone is 2. The van der Waals surface area contributed by atoms with Crippen LogP contribution < -0.4 is 0 Å². The van der Waals surface area contributed by atoms with Crippen LogP contribution in [0.4, 0.5) is 0 Å². The second kappa shape index (κ2) is 8.43. The largest absolute Gasteiger partial charge is 0.466 e. The molecule has 0 aliphatic heterocycles. The molecule has 0 aromatic rings. The molecule has 0 amide bonds. The van der Waals surface area contributed by atoms with E-state index in [1.807, 2.05) is 12.5 Å². The van der Waals surface area contributed by atoms with E-state index in [1.165, 1.54) is 44.9 Å². The Labute approximate surface area is 183 Å². The zero-order chi connectivity index (χ0) is 21.5. The van der Waals surface area contributed by atoms with Crippen LogP contribution in [0.15, 0.2) is 11.1 Å². The first-order valence-corrected chi connectivity index (χ1v) is 12.7. The van der Waals surface area contributed by atoms with Crippen LogP contribution in [0.25, 0.3) is 0 Å². The number of rotatable bonds is 6. The van der Waals surface area contributed by atoms with Crippen LogP contribution in [0, 0.1) is 34.5 Å². The molecule has 0 aromatic heterocycles. The molecule has 2 fully saturated rings. The van der Waals surface area contributed by atoms with Gasteiger partial charge in [-0.25, -0.2) is 0 Å². The van der Waals surface area contributed by atoms with Crippen LogP contribution in [0.1, 0.15) is 105 Å². The SMILES string of the molecule is CCC(=O)OCCCC[C@]1(C)CCC2=C1CC[C@H]1[C@H]2CC[C@H]2CC(=O)C[C@H](C)[C@@]21C. The quantitative estimate of drug-likeness (QED) is 0.278. The third-order valence-corrected chi connectivity index (χ3v) is 9.95. The maximum Gasteiger partial charge on any atom is 0.305 e. The van der Waals surface area contributed by atoms with Gasteiger partial charge in [0.05, 0.1) is 6.61 Å². The van der Waals surface area contributed by atoms with Crippen LogP contribution in [-0.2, 0) is 14.3 Å². The number of ether oxygens (including phenoxy) is 1. The molecule has 0 saturated heterocycles. The predicted molar refractivity (Wildman–Crippen MR) is 120 cm³/mol. The Hall–Kier alpha value is -1.12. The van der Waals surface area contributed by atoms with Crippen molar-refractivity contribution < 1.29 is 14.3 Å². The molecule has 0 unspecified atom stereocenters. The van der Waals surface area contributed by atoms with Crippen molar-refractivity contribution in [3.63, 3.8) is 0 Å². The highest BCUT2D eigenvalue weighted by molar-refractivity contribution is 5.80. The van der Waals surface area contributed by atoms with Crippen molar-refractivity contribution in [1.29, 1.82) is 0 Å². The molecule has 0 heterocycles. The number of hydrogen-bond donors (Lipinski definition) is 0. The second-order valence-corrected chi connectivity index (χ2v) is 11.3. The highest BCUT2D eigenvalue weighted by Gasteiger charge is 2.56. The topological polar surface area (TPSA) is 43.4 Å². The Morgan fingerprint density at radius 2 is 1.90 bits per heavy atom. The first-order valence-electron chi connectivity index (χ1n) is 12.7. The van der Waals surface area contributed by atoms with Gasteiger partial charge in [-0.3, -0.25) is 9.59 Å². The van der Waals surface area contributed by atoms with Crippen molar-refractivity contribution in [2.24, 2.45) is 34.5 Å². The van der Waals surface area contributed by atoms with Crippen molar-refractivity contribution >= 4 is 11.8 Å². The van der Waals surface area contributed by atoms with Gasteiger partial charge in [-0.15, -0.1) is 0 Å². The fraction of sp³-hybridized carbons (Fsp3) is 0.852. The first-order chi connectivity index (χ1) is 14.3. The van der Waals surface area contributed by atoms with Gasteiger partial charge in [0, 0.05) is 19.3 Å². The number of ketones is 1. The van der Waals surface area contributed by atoms with Gasteiger partial charge in [0.15, 0.2) is 0 Å². The third kappa shape index (κ3) is 3.69. The lowest BCUT2D eigenvalue weighted by Gasteiger charge is -2.58. The van der Waals surface area contributed by atoms with Crippen molar-refractivity contribution in [2.45, 2.75) is 105 Å². The molecule has 3 nitrogen and oxygen atoms in total. The van der Waals surface area contributed by atoms with E-state index >= 15 is 0 Å². The lowest BCUT2D eigenvalue weighted by molar-refractivity contribution is -0.143. The van der Waals surface area contributed by atoms with Gasteiger partial charge in [0.2, 0.25) is 0 Å². The van der Waals surface area contributed by atoms with Crippen molar-refractivity contribution in [1.82, 2.24) is 0 Å². The number of esters is 1. The fourth-order valence-electron chi connectivity index (χ4n) is 8.02. The average Bonchev–Trinajstić information content (AvgIpc) is 3.06. The van der Waals surface area contributed by atoms with Gasteiger partial charge in [0.25, 0.3) is 0 Å². The third-order valence-electron chi connectivity index (χ3n) is 9.95. The molecule has 4 rings (SSSR count). The molecule has 2 saturated carbocycles. The van der Waals surface area contributed by atoms with Crippen LogP contribution in [0.2, 0.25) is 0 Å². The Morgan fingerprint density at radius 3 is 2.67 bits per heavy atom. The summed E-state index contributed by atoms with van der Waals surface area (Å²) in [4.78, 5) is 23.6. The predicted octanol–water partition coefficient (Wildman–Crippen LogP) is 6.65. The van der Waals surface area contributed by atoms with E-state index in [4.69, 9.17) is 4.74 Å². The summed E-state index contributed by atoms with van der Waals surface area (Å²) in [6.45, 7) is 9.84. The molecule has 30 heavy (non-hydrogen) atoms. The van der Waals surface area contributed by atoms with Gasteiger partial charge in [0.1, 0.15) is 5.78 Å². The molecule has 0 bridgehead atoms. The highest BCUT2D eigenvalue weighted by Crippen LogP contribution is 2.65. The minimum absolute atomic E-state index is 0.0758. The molecule has 0 radical (unpaired) electrons. The molecular formula is C27H42O3. The maximum absolute atomic E-state index is 12.3. The molecule has 0 spiro atoms. The summed E-state index contributed by atoms with van der Waals surface area (Å²) < 4.78 is 5.27. The van der Waals surface area contributed by atoms with Gasteiger partial charge >= 0.3 is 5.97 Å². The molecule has 6 atom stereocenters. The second-order valence-electron chi connectivity index (χ2n) is 11.3. The normalized spacial score (nSPS) is 40.6. The monoisotopic (exact) mass is 414 g/mol. The minimum Gasteiger partial charge on any atom is -0.466 e. The number of carbonyl (C=O) groups excluding carboxylic acids is 2. The van der Waals surface area contributed by atoms with Crippen molar-refractivity contribution in [3.05, 3.63) is 11.1 Å². The van der Waals surface area contributed by atoms with Crippen molar-refractivity contribution in [2.75, 3.05) is 6.61 Å². The summed E-state index contributed by atoms with van der Waals surface area (Å²) >= 11 is 0.